The third-order valence-corrected chi connectivity index (χ3v) is 3.97. The van der Waals surface area contributed by atoms with E-state index in [0.29, 0.717) is 13.2 Å². The standard InChI is InChI=1S/C18H23N3OS.HI/c1-3-11-22-17-10-6-5-8-15(17)13-20-18(19-4-2)21-14-16-9-7-12-23-16;/h3,5-10,12H,1,4,11,13-14H2,2H3,(H2,19,20,21);1H. The van der Waals surface area contributed by atoms with Crippen molar-refractivity contribution in [2.24, 2.45) is 4.99 Å². The molecule has 0 fully saturated rings. The van der Waals surface area contributed by atoms with Crippen molar-refractivity contribution in [3.8, 4) is 5.75 Å². The molecular formula is C18H24IN3OS. The minimum atomic E-state index is 0. The van der Waals surface area contributed by atoms with Gasteiger partial charge in [-0.3, -0.25) is 0 Å². The lowest BCUT2D eigenvalue weighted by molar-refractivity contribution is 0.359. The highest BCUT2D eigenvalue weighted by Gasteiger charge is 2.03. The Bertz CT molecular complexity index is 629. The maximum absolute atomic E-state index is 5.67. The highest BCUT2D eigenvalue weighted by molar-refractivity contribution is 14.0. The van der Waals surface area contributed by atoms with Crippen molar-refractivity contribution in [2.75, 3.05) is 13.2 Å². The van der Waals surface area contributed by atoms with Crippen LogP contribution < -0.4 is 15.4 Å². The molecule has 2 N–H and O–H groups in total. The first-order valence-electron chi connectivity index (χ1n) is 7.69. The highest BCUT2D eigenvalue weighted by Crippen LogP contribution is 2.18. The molecule has 0 amide bonds. The summed E-state index contributed by atoms with van der Waals surface area (Å²) in [6.07, 6.45) is 1.74. The topological polar surface area (TPSA) is 45.6 Å². The summed E-state index contributed by atoms with van der Waals surface area (Å²) >= 11 is 1.73. The average Bonchev–Trinajstić information content (AvgIpc) is 3.09. The Morgan fingerprint density at radius 2 is 2.08 bits per heavy atom. The van der Waals surface area contributed by atoms with Crippen LogP contribution in [0, 0.1) is 0 Å². The van der Waals surface area contributed by atoms with Gasteiger partial charge < -0.3 is 15.4 Å². The van der Waals surface area contributed by atoms with Crippen LogP contribution in [0.4, 0.5) is 0 Å². The Hall–Kier alpha value is -1.54. The zero-order chi connectivity index (χ0) is 16.3. The molecule has 6 heteroatoms. The zero-order valence-electron chi connectivity index (χ0n) is 13.8. The van der Waals surface area contributed by atoms with Crippen molar-refractivity contribution in [3.63, 3.8) is 0 Å². The van der Waals surface area contributed by atoms with Crippen LogP contribution in [0.3, 0.4) is 0 Å². The van der Waals surface area contributed by atoms with Gasteiger partial charge >= 0.3 is 0 Å². The summed E-state index contributed by atoms with van der Waals surface area (Å²) in [6.45, 7) is 8.40. The maximum Gasteiger partial charge on any atom is 0.191 e. The molecule has 0 aliphatic heterocycles. The van der Waals surface area contributed by atoms with E-state index in [1.807, 2.05) is 24.3 Å². The molecule has 0 aliphatic rings. The van der Waals surface area contributed by atoms with Crippen LogP contribution in [0.1, 0.15) is 17.4 Å². The van der Waals surface area contributed by atoms with E-state index in [9.17, 15) is 0 Å². The van der Waals surface area contributed by atoms with Gasteiger partial charge in [-0.05, 0) is 24.4 Å². The van der Waals surface area contributed by atoms with Gasteiger partial charge in [0.05, 0.1) is 13.1 Å². The lowest BCUT2D eigenvalue weighted by atomic mass is 10.2. The van der Waals surface area contributed by atoms with Crippen molar-refractivity contribution in [1.82, 2.24) is 10.6 Å². The fraction of sp³-hybridized carbons (Fsp3) is 0.278. The summed E-state index contributed by atoms with van der Waals surface area (Å²) in [5.41, 5.74) is 1.06. The van der Waals surface area contributed by atoms with Gasteiger partial charge in [-0.2, -0.15) is 0 Å². The predicted molar refractivity (Wildman–Crippen MR) is 114 cm³/mol. The molecule has 4 nitrogen and oxygen atoms in total. The molecule has 0 aliphatic carbocycles. The van der Waals surface area contributed by atoms with Crippen LogP contribution in [0.2, 0.25) is 0 Å². The molecule has 1 aromatic heterocycles. The summed E-state index contributed by atoms with van der Waals surface area (Å²) < 4.78 is 5.67. The largest absolute Gasteiger partial charge is 0.489 e. The Kier molecular flexibility index (Phi) is 10.2. The summed E-state index contributed by atoms with van der Waals surface area (Å²) in [6, 6.07) is 12.1. The Morgan fingerprint density at radius 3 is 2.79 bits per heavy atom. The molecule has 0 radical (unpaired) electrons. The van der Waals surface area contributed by atoms with E-state index in [-0.39, 0.29) is 24.0 Å². The summed E-state index contributed by atoms with van der Waals surface area (Å²) in [5.74, 6) is 1.66. The van der Waals surface area contributed by atoms with Gasteiger partial charge in [0.25, 0.3) is 0 Å². The van der Waals surface area contributed by atoms with Crippen molar-refractivity contribution in [2.45, 2.75) is 20.0 Å². The first-order chi connectivity index (χ1) is 11.3. The number of nitrogens with one attached hydrogen (secondary N) is 2. The van der Waals surface area contributed by atoms with Gasteiger partial charge in [-0.15, -0.1) is 35.3 Å². The molecule has 2 aromatic rings. The number of rotatable bonds is 8. The molecular weight excluding hydrogens is 433 g/mol. The normalized spacial score (nSPS) is 10.6. The molecule has 0 saturated carbocycles. The van der Waals surface area contributed by atoms with Gasteiger partial charge in [0, 0.05) is 17.0 Å². The number of para-hydroxylation sites is 1. The number of halogens is 1. The van der Waals surface area contributed by atoms with Crippen molar-refractivity contribution >= 4 is 41.3 Å². The van der Waals surface area contributed by atoms with E-state index in [4.69, 9.17) is 4.74 Å². The van der Waals surface area contributed by atoms with E-state index in [1.165, 1.54) is 4.88 Å². The molecule has 1 aromatic carbocycles. The van der Waals surface area contributed by atoms with Gasteiger partial charge in [-0.1, -0.05) is 36.9 Å². The monoisotopic (exact) mass is 457 g/mol. The molecule has 1 heterocycles. The second-order valence-electron chi connectivity index (χ2n) is 4.84. The third kappa shape index (κ3) is 6.92. The summed E-state index contributed by atoms with van der Waals surface area (Å²) in [7, 11) is 0. The molecule has 0 unspecified atom stereocenters. The Morgan fingerprint density at radius 1 is 1.25 bits per heavy atom. The van der Waals surface area contributed by atoms with E-state index in [2.05, 4.69) is 46.6 Å². The SMILES string of the molecule is C=CCOc1ccccc1CN=C(NCC)NCc1cccs1.I. The molecule has 0 bridgehead atoms. The van der Waals surface area contributed by atoms with Crippen LogP contribution in [0.5, 0.6) is 5.75 Å². The fourth-order valence-corrected chi connectivity index (χ4v) is 2.66. The van der Waals surface area contributed by atoms with Gasteiger partial charge in [0.2, 0.25) is 0 Å². The number of thiophene rings is 1. The highest BCUT2D eigenvalue weighted by atomic mass is 127. The number of guanidine groups is 1. The van der Waals surface area contributed by atoms with E-state index in [1.54, 1.807) is 17.4 Å². The lowest BCUT2D eigenvalue weighted by Gasteiger charge is -2.12. The van der Waals surface area contributed by atoms with Gasteiger partial charge in [0.1, 0.15) is 12.4 Å². The van der Waals surface area contributed by atoms with Crippen molar-refractivity contribution < 1.29 is 4.74 Å². The quantitative estimate of drug-likeness (QED) is 0.271. The number of benzene rings is 1. The van der Waals surface area contributed by atoms with Crippen LogP contribution in [0.15, 0.2) is 59.4 Å². The Labute approximate surface area is 165 Å². The number of hydrogen-bond donors (Lipinski definition) is 2. The molecule has 2 rings (SSSR count). The first-order valence-corrected chi connectivity index (χ1v) is 8.57. The maximum atomic E-state index is 5.67. The van der Waals surface area contributed by atoms with Crippen LogP contribution in [-0.4, -0.2) is 19.1 Å². The minimum absolute atomic E-state index is 0. The number of hydrogen-bond acceptors (Lipinski definition) is 3. The fourth-order valence-electron chi connectivity index (χ4n) is 2.01. The molecule has 0 atom stereocenters. The van der Waals surface area contributed by atoms with Crippen LogP contribution >= 0.6 is 35.3 Å². The number of aliphatic imine (C=N–C) groups is 1. The van der Waals surface area contributed by atoms with Gasteiger partial charge in [-0.25, -0.2) is 4.99 Å². The smallest absolute Gasteiger partial charge is 0.191 e. The third-order valence-electron chi connectivity index (χ3n) is 3.09. The van der Waals surface area contributed by atoms with Crippen molar-refractivity contribution in [3.05, 3.63) is 64.9 Å². The second kappa shape index (κ2) is 11.9. The van der Waals surface area contributed by atoms with E-state index in [0.717, 1.165) is 30.4 Å². The van der Waals surface area contributed by atoms with Crippen LogP contribution in [-0.2, 0) is 13.1 Å². The first kappa shape index (κ1) is 20.5. The number of nitrogens with zero attached hydrogens (tertiary/aromatic N) is 1. The summed E-state index contributed by atoms with van der Waals surface area (Å²) in [4.78, 5) is 5.93. The second-order valence-corrected chi connectivity index (χ2v) is 5.87. The molecule has 24 heavy (non-hydrogen) atoms. The van der Waals surface area contributed by atoms with Crippen LogP contribution in [0.25, 0.3) is 0 Å². The van der Waals surface area contributed by atoms with E-state index >= 15 is 0 Å². The van der Waals surface area contributed by atoms with E-state index < -0.39 is 0 Å². The Balaban J connectivity index is 0.00000288. The number of ether oxygens (including phenoxy) is 1. The predicted octanol–water partition coefficient (Wildman–Crippen LogP) is 4.19. The lowest BCUT2D eigenvalue weighted by Crippen LogP contribution is -2.36. The zero-order valence-corrected chi connectivity index (χ0v) is 17.0. The average molecular weight is 457 g/mol. The van der Waals surface area contributed by atoms with Gasteiger partial charge in [0.15, 0.2) is 5.96 Å². The molecule has 0 saturated heterocycles. The van der Waals surface area contributed by atoms with Crippen molar-refractivity contribution in [1.29, 1.82) is 0 Å². The summed E-state index contributed by atoms with van der Waals surface area (Å²) in [5, 5.41) is 8.69. The minimum Gasteiger partial charge on any atom is -0.489 e. The molecule has 130 valence electrons. The molecule has 0 spiro atoms.